The molecule has 0 aliphatic rings. The fourth-order valence-corrected chi connectivity index (χ4v) is 0.960. The van der Waals surface area contributed by atoms with Crippen LogP contribution in [0.2, 0.25) is 0 Å². The monoisotopic (exact) mass is 186 g/mol. The van der Waals surface area contributed by atoms with Crippen molar-refractivity contribution in [3.63, 3.8) is 0 Å². The molecular formula is C9H8F2O2. The Morgan fingerprint density at radius 3 is 2.54 bits per heavy atom. The number of aldehydes is 1. The minimum absolute atomic E-state index is 0.302. The van der Waals surface area contributed by atoms with Gasteiger partial charge in [-0.25, -0.2) is 8.78 Å². The van der Waals surface area contributed by atoms with E-state index in [9.17, 15) is 13.6 Å². The van der Waals surface area contributed by atoms with Gasteiger partial charge in [0, 0.05) is 7.11 Å². The van der Waals surface area contributed by atoms with Crippen molar-refractivity contribution in [2.45, 2.75) is 6.10 Å². The zero-order chi connectivity index (χ0) is 9.84. The molecule has 0 saturated carbocycles. The number of hydrogen-bond acceptors (Lipinski definition) is 2. The smallest absolute Gasteiger partial charge is 0.159 e. The molecule has 1 aromatic rings. The lowest BCUT2D eigenvalue weighted by molar-refractivity contribution is -0.116. The summed E-state index contributed by atoms with van der Waals surface area (Å²) in [5, 5.41) is 0. The van der Waals surface area contributed by atoms with Crippen LogP contribution in [0.5, 0.6) is 0 Å². The quantitative estimate of drug-likeness (QED) is 0.673. The highest BCUT2D eigenvalue weighted by molar-refractivity contribution is 5.59. The molecule has 0 amide bonds. The summed E-state index contributed by atoms with van der Waals surface area (Å²) in [6.07, 6.45) is -0.317. The molecule has 0 aliphatic heterocycles. The average molecular weight is 186 g/mol. The summed E-state index contributed by atoms with van der Waals surface area (Å²) in [6.45, 7) is 0. The number of methoxy groups -OCH3 is 1. The third kappa shape index (κ3) is 2.09. The molecule has 0 radical (unpaired) electrons. The zero-order valence-corrected chi connectivity index (χ0v) is 6.96. The maximum Gasteiger partial charge on any atom is 0.159 e. The molecule has 0 N–H and O–H groups in total. The third-order valence-corrected chi connectivity index (χ3v) is 1.65. The molecule has 1 rings (SSSR count). The van der Waals surface area contributed by atoms with E-state index in [1.54, 1.807) is 0 Å². The van der Waals surface area contributed by atoms with Crippen molar-refractivity contribution in [3.05, 3.63) is 35.4 Å². The second-order valence-corrected chi connectivity index (χ2v) is 2.47. The van der Waals surface area contributed by atoms with Crippen LogP contribution in [-0.2, 0) is 9.53 Å². The van der Waals surface area contributed by atoms with Gasteiger partial charge in [-0.15, -0.1) is 0 Å². The van der Waals surface area contributed by atoms with E-state index in [-0.39, 0.29) is 0 Å². The van der Waals surface area contributed by atoms with E-state index in [4.69, 9.17) is 4.74 Å². The van der Waals surface area contributed by atoms with E-state index >= 15 is 0 Å². The number of ether oxygens (including phenoxy) is 1. The lowest BCUT2D eigenvalue weighted by Gasteiger charge is -2.07. The van der Waals surface area contributed by atoms with Crippen LogP contribution in [-0.4, -0.2) is 13.4 Å². The minimum atomic E-state index is -0.985. The van der Waals surface area contributed by atoms with Gasteiger partial charge < -0.3 is 9.53 Å². The van der Waals surface area contributed by atoms with Crippen LogP contribution in [0.4, 0.5) is 8.78 Å². The van der Waals surface area contributed by atoms with Crippen LogP contribution in [0, 0.1) is 11.6 Å². The molecule has 70 valence electrons. The Bertz CT molecular complexity index is 312. The summed E-state index contributed by atoms with van der Waals surface area (Å²) in [6, 6.07) is 3.21. The van der Waals surface area contributed by atoms with E-state index in [1.165, 1.54) is 13.2 Å². The molecule has 0 aliphatic carbocycles. The molecule has 2 nitrogen and oxygen atoms in total. The zero-order valence-electron chi connectivity index (χ0n) is 6.96. The van der Waals surface area contributed by atoms with Crippen LogP contribution < -0.4 is 0 Å². The molecule has 0 heterocycles. The molecule has 4 heteroatoms. The molecule has 1 unspecified atom stereocenters. The van der Waals surface area contributed by atoms with Gasteiger partial charge in [-0.3, -0.25) is 0 Å². The Balaban J connectivity index is 3.01. The van der Waals surface area contributed by atoms with Gasteiger partial charge in [0.2, 0.25) is 0 Å². The molecule has 13 heavy (non-hydrogen) atoms. The van der Waals surface area contributed by atoms with E-state index in [1.807, 2.05) is 0 Å². The maximum atomic E-state index is 12.7. The summed E-state index contributed by atoms with van der Waals surface area (Å²) in [4.78, 5) is 10.4. The lowest BCUT2D eigenvalue weighted by atomic mass is 10.1. The van der Waals surface area contributed by atoms with E-state index in [2.05, 4.69) is 0 Å². The van der Waals surface area contributed by atoms with Gasteiger partial charge in [-0.2, -0.15) is 0 Å². The number of carbonyl (C=O) groups is 1. The third-order valence-electron chi connectivity index (χ3n) is 1.65. The number of rotatable bonds is 3. The Morgan fingerprint density at radius 1 is 1.38 bits per heavy atom. The molecule has 0 aromatic heterocycles. The molecule has 0 fully saturated rings. The van der Waals surface area contributed by atoms with Crippen molar-refractivity contribution in [3.8, 4) is 0 Å². The second-order valence-electron chi connectivity index (χ2n) is 2.47. The highest BCUT2D eigenvalue weighted by atomic mass is 19.2. The number of benzene rings is 1. The predicted octanol–water partition coefficient (Wildman–Crippen LogP) is 1.85. The first-order valence-corrected chi connectivity index (χ1v) is 3.62. The van der Waals surface area contributed by atoms with E-state index in [0.717, 1.165) is 12.1 Å². The van der Waals surface area contributed by atoms with Crippen molar-refractivity contribution >= 4 is 6.29 Å². The SMILES string of the molecule is COC(C=O)c1ccc(F)c(F)c1. The molecular weight excluding hydrogens is 178 g/mol. The highest BCUT2D eigenvalue weighted by Gasteiger charge is 2.11. The first-order chi connectivity index (χ1) is 6.19. The fourth-order valence-electron chi connectivity index (χ4n) is 0.960. The molecule has 1 aromatic carbocycles. The van der Waals surface area contributed by atoms with Crippen LogP contribution in [0.1, 0.15) is 11.7 Å². The van der Waals surface area contributed by atoms with Gasteiger partial charge >= 0.3 is 0 Å². The van der Waals surface area contributed by atoms with Crippen LogP contribution in [0.25, 0.3) is 0 Å². The van der Waals surface area contributed by atoms with Gasteiger partial charge in [0.15, 0.2) is 17.9 Å². The molecule has 0 saturated heterocycles. The Hall–Kier alpha value is -1.29. The van der Waals surface area contributed by atoms with Gasteiger partial charge in [0.1, 0.15) is 6.10 Å². The van der Waals surface area contributed by atoms with E-state index in [0.29, 0.717) is 11.8 Å². The van der Waals surface area contributed by atoms with Gasteiger partial charge in [-0.05, 0) is 17.7 Å². The van der Waals surface area contributed by atoms with Crippen LogP contribution >= 0.6 is 0 Å². The van der Waals surface area contributed by atoms with E-state index < -0.39 is 17.7 Å². The first-order valence-electron chi connectivity index (χ1n) is 3.62. The molecule has 0 bridgehead atoms. The van der Waals surface area contributed by atoms with Crippen molar-refractivity contribution < 1.29 is 18.3 Å². The first kappa shape index (κ1) is 9.80. The largest absolute Gasteiger partial charge is 0.369 e. The second kappa shape index (κ2) is 4.09. The summed E-state index contributed by atoms with van der Waals surface area (Å²) in [5.74, 6) is -1.93. The number of hydrogen-bond donors (Lipinski definition) is 0. The van der Waals surface area contributed by atoms with Gasteiger partial charge in [0.25, 0.3) is 0 Å². The molecule has 0 spiro atoms. The Labute approximate surface area is 74.1 Å². The predicted molar refractivity (Wildman–Crippen MR) is 42.2 cm³/mol. The minimum Gasteiger partial charge on any atom is -0.369 e. The average Bonchev–Trinajstić information content (AvgIpc) is 2.13. The maximum absolute atomic E-state index is 12.7. The topological polar surface area (TPSA) is 26.3 Å². The number of halogens is 2. The van der Waals surface area contributed by atoms with Gasteiger partial charge in [-0.1, -0.05) is 6.07 Å². The van der Waals surface area contributed by atoms with Crippen molar-refractivity contribution in [2.75, 3.05) is 7.11 Å². The Kier molecular flexibility index (Phi) is 3.08. The summed E-state index contributed by atoms with van der Waals surface area (Å²) >= 11 is 0. The van der Waals surface area contributed by atoms with Crippen LogP contribution in [0.15, 0.2) is 18.2 Å². The summed E-state index contributed by atoms with van der Waals surface area (Å²) in [5.41, 5.74) is 0.302. The standard InChI is InChI=1S/C9H8F2O2/c1-13-9(5-12)6-2-3-7(10)8(11)4-6/h2-5,9H,1H3. The fraction of sp³-hybridized carbons (Fsp3) is 0.222. The Morgan fingerprint density at radius 2 is 2.08 bits per heavy atom. The molecule has 1 atom stereocenters. The normalized spacial score (nSPS) is 12.5. The number of carbonyl (C=O) groups excluding carboxylic acids is 1. The van der Waals surface area contributed by atoms with Crippen molar-refractivity contribution in [1.29, 1.82) is 0 Å². The summed E-state index contributed by atoms with van der Waals surface area (Å²) < 4.78 is 29.9. The van der Waals surface area contributed by atoms with Crippen molar-refractivity contribution in [1.82, 2.24) is 0 Å². The lowest BCUT2D eigenvalue weighted by Crippen LogP contribution is -2.03. The van der Waals surface area contributed by atoms with Gasteiger partial charge in [0.05, 0.1) is 0 Å². The van der Waals surface area contributed by atoms with Crippen molar-refractivity contribution in [2.24, 2.45) is 0 Å². The highest BCUT2D eigenvalue weighted by Crippen LogP contribution is 2.16. The summed E-state index contributed by atoms with van der Waals surface area (Å²) in [7, 11) is 1.32. The van der Waals surface area contributed by atoms with Crippen LogP contribution in [0.3, 0.4) is 0 Å².